The number of likely N-dealkylation sites (N-methyl/N-ethyl adjacent to an activating group) is 1. The largest absolute Gasteiger partial charge is 0.371 e. The Bertz CT molecular complexity index is 538. The first-order valence-corrected chi connectivity index (χ1v) is 7.93. The Morgan fingerprint density at radius 1 is 1.41 bits per heavy atom. The highest BCUT2D eigenvalue weighted by Crippen LogP contribution is 2.33. The molecule has 2 aliphatic rings. The van der Waals surface area contributed by atoms with E-state index in [0.29, 0.717) is 6.61 Å². The Morgan fingerprint density at radius 2 is 2.18 bits per heavy atom. The second-order valence-corrected chi connectivity index (χ2v) is 6.68. The van der Waals surface area contributed by atoms with Gasteiger partial charge in [0.15, 0.2) is 0 Å². The molecule has 1 aliphatic heterocycles. The molecule has 7 nitrogen and oxygen atoms in total. The lowest BCUT2D eigenvalue weighted by Crippen LogP contribution is -2.38. The van der Waals surface area contributed by atoms with Crippen LogP contribution < -0.4 is 0 Å². The van der Waals surface area contributed by atoms with Gasteiger partial charge in [-0.2, -0.15) is 0 Å². The van der Waals surface area contributed by atoms with E-state index in [-0.39, 0.29) is 18.4 Å². The summed E-state index contributed by atoms with van der Waals surface area (Å²) < 4.78 is 7.51. The SMILES string of the molecule is CN(C)C(=O)COC[C@H]1CN(CC2CC2)Cc2nnn(C)c21. The van der Waals surface area contributed by atoms with Crippen molar-refractivity contribution in [3.05, 3.63) is 11.4 Å². The third kappa shape index (κ3) is 3.47. The van der Waals surface area contributed by atoms with Crippen molar-refractivity contribution in [1.29, 1.82) is 0 Å². The third-order valence-electron chi connectivity index (χ3n) is 4.44. The monoisotopic (exact) mass is 307 g/mol. The maximum Gasteiger partial charge on any atom is 0.248 e. The van der Waals surface area contributed by atoms with Crippen LogP contribution in [0.15, 0.2) is 0 Å². The number of nitrogens with zero attached hydrogens (tertiary/aromatic N) is 5. The van der Waals surface area contributed by atoms with Gasteiger partial charge in [0.1, 0.15) is 12.3 Å². The Balaban J connectivity index is 1.62. The van der Waals surface area contributed by atoms with Crippen molar-refractivity contribution < 1.29 is 9.53 Å². The molecule has 1 atom stereocenters. The topological polar surface area (TPSA) is 63.5 Å². The standard InChI is InChI=1S/C15H25N5O2/c1-18(2)14(21)10-22-9-12-7-20(6-11-4-5-11)8-13-15(12)19(3)17-16-13/h11-12H,4-10H2,1-3H3/t12-/m1/s1. The molecular weight excluding hydrogens is 282 g/mol. The van der Waals surface area contributed by atoms with Gasteiger partial charge in [-0.15, -0.1) is 5.10 Å². The summed E-state index contributed by atoms with van der Waals surface area (Å²) in [5, 5.41) is 8.45. The predicted molar refractivity (Wildman–Crippen MR) is 81.3 cm³/mol. The Kier molecular flexibility index (Phi) is 4.44. The number of rotatable bonds is 6. The van der Waals surface area contributed by atoms with Crippen LogP contribution in [-0.2, 0) is 23.1 Å². The smallest absolute Gasteiger partial charge is 0.248 e. The van der Waals surface area contributed by atoms with Crippen LogP contribution in [0.4, 0.5) is 0 Å². The molecule has 1 fully saturated rings. The van der Waals surface area contributed by atoms with Gasteiger partial charge in [0.25, 0.3) is 0 Å². The van der Waals surface area contributed by atoms with E-state index < -0.39 is 0 Å². The summed E-state index contributed by atoms with van der Waals surface area (Å²) in [6, 6.07) is 0. The number of carbonyl (C=O) groups excluding carboxylic acids is 1. The average molecular weight is 307 g/mol. The van der Waals surface area contributed by atoms with Crippen LogP contribution in [0.25, 0.3) is 0 Å². The van der Waals surface area contributed by atoms with Gasteiger partial charge in [0.05, 0.1) is 12.3 Å². The summed E-state index contributed by atoms with van der Waals surface area (Å²) in [4.78, 5) is 15.6. The van der Waals surface area contributed by atoms with Gasteiger partial charge in [-0.3, -0.25) is 14.4 Å². The first-order valence-electron chi connectivity index (χ1n) is 7.93. The van der Waals surface area contributed by atoms with Gasteiger partial charge in [0, 0.05) is 46.7 Å². The molecule has 2 heterocycles. The number of fused-ring (bicyclic) bond motifs is 1. The molecule has 0 radical (unpaired) electrons. The van der Waals surface area contributed by atoms with Gasteiger partial charge >= 0.3 is 0 Å². The van der Waals surface area contributed by atoms with Crippen LogP contribution in [0.3, 0.4) is 0 Å². The zero-order valence-electron chi connectivity index (χ0n) is 13.7. The molecule has 3 rings (SSSR count). The Labute approximate surface area is 131 Å². The lowest BCUT2D eigenvalue weighted by Gasteiger charge is -2.32. The molecular formula is C15H25N5O2. The van der Waals surface area contributed by atoms with E-state index in [1.54, 1.807) is 19.0 Å². The molecule has 0 unspecified atom stereocenters. The number of aromatic nitrogens is 3. The van der Waals surface area contributed by atoms with Gasteiger partial charge in [0.2, 0.25) is 5.91 Å². The number of ether oxygens (including phenoxy) is 1. The number of carbonyl (C=O) groups is 1. The molecule has 0 saturated heterocycles. The third-order valence-corrected chi connectivity index (χ3v) is 4.44. The van der Waals surface area contributed by atoms with Crippen LogP contribution in [0.2, 0.25) is 0 Å². The van der Waals surface area contributed by atoms with Gasteiger partial charge in [-0.1, -0.05) is 5.21 Å². The summed E-state index contributed by atoms with van der Waals surface area (Å²) >= 11 is 0. The van der Waals surface area contributed by atoms with Gasteiger partial charge in [-0.25, -0.2) is 0 Å². The molecule has 1 saturated carbocycles. The summed E-state index contributed by atoms with van der Waals surface area (Å²) in [7, 11) is 5.42. The van der Waals surface area contributed by atoms with Crippen LogP contribution in [0.5, 0.6) is 0 Å². The van der Waals surface area contributed by atoms with Crippen LogP contribution in [0, 0.1) is 5.92 Å². The van der Waals surface area contributed by atoms with Crippen molar-refractivity contribution in [2.75, 3.05) is 40.4 Å². The summed E-state index contributed by atoms with van der Waals surface area (Å²) in [6.45, 7) is 3.65. The molecule has 0 N–H and O–H groups in total. The molecule has 22 heavy (non-hydrogen) atoms. The fourth-order valence-corrected chi connectivity index (χ4v) is 3.05. The maximum absolute atomic E-state index is 11.6. The Hall–Kier alpha value is -1.47. The van der Waals surface area contributed by atoms with Crippen molar-refractivity contribution >= 4 is 5.91 Å². The van der Waals surface area contributed by atoms with Crippen molar-refractivity contribution in [2.45, 2.75) is 25.3 Å². The van der Waals surface area contributed by atoms with Gasteiger partial charge in [-0.05, 0) is 18.8 Å². The first kappa shape index (κ1) is 15.4. The van der Waals surface area contributed by atoms with Crippen molar-refractivity contribution in [2.24, 2.45) is 13.0 Å². The van der Waals surface area contributed by atoms with E-state index >= 15 is 0 Å². The lowest BCUT2D eigenvalue weighted by atomic mass is 9.98. The minimum Gasteiger partial charge on any atom is -0.371 e. The normalized spacial score (nSPS) is 21.7. The first-order chi connectivity index (χ1) is 10.5. The number of amides is 1. The molecule has 1 aliphatic carbocycles. The average Bonchev–Trinajstić information content (AvgIpc) is 3.20. The maximum atomic E-state index is 11.6. The van der Waals surface area contributed by atoms with Crippen LogP contribution in [0.1, 0.15) is 30.1 Å². The summed E-state index contributed by atoms with van der Waals surface area (Å²) in [5.41, 5.74) is 2.21. The highest BCUT2D eigenvalue weighted by Gasteiger charge is 2.33. The minimum atomic E-state index is -0.00556. The molecule has 122 valence electrons. The van der Waals surface area contributed by atoms with E-state index in [9.17, 15) is 4.79 Å². The molecule has 0 bridgehead atoms. The highest BCUT2D eigenvalue weighted by molar-refractivity contribution is 5.76. The second kappa shape index (κ2) is 6.34. The number of aryl methyl sites for hydroxylation is 1. The van der Waals surface area contributed by atoms with E-state index in [4.69, 9.17) is 4.74 Å². The van der Waals surface area contributed by atoms with Crippen molar-refractivity contribution in [1.82, 2.24) is 24.8 Å². The van der Waals surface area contributed by atoms with Crippen LogP contribution in [-0.4, -0.2) is 71.1 Å². The predicted octanol–water partition coefficient (Wildman–Crippen LogP) is 0.229. The fourth-order valence-electron chi connectivity index (χ4n) is 3.05. The van der Waals surface area contributed by atoms with Crippen molar-refractivity contribution in [3.63, 3.8) is 0 Å². The zero-order valence-corrected chi connectivity index (χ0v) is 13.7. The summed E-state index contributed by atoms with van der Waals surface area (Å²) in [6.07, 6.45) is 2.70. The highest BCUT2D eigenvalue weighted by atomic mass is 16.5. The molecule has 1 aromatic heterocycles. The van der Waals surface area contributed by atoms with E-state index in [2.05, 4.69) is 15.2 Å². The number of hydrogen-bond donors (Lipinski definition) is 0. The zero-order chi connectivity index (χ0) is 15.7. The molecule has 0 aromatic carbocycles. The molecule has 1 aromatic rings. The van der Waals surface area contributed by atoms with E-state index in [1.165, 1.54) is 12.8 Å². The van der Waals surface area contributed by atoms with E-state index in [0.717, 1.165) is 36.9 Å². The second-order valence-electron chi connectivity index (χ2n) is 6.68. The quantitative estimate of drug-likeness (QED) is 0.753. The Morgan fingerprint density at radius 3 is 2.86 bits per heavy atom. The molecule has 1 amide bonds. The minimum absolute atomic E-state index is 0.00556. The van der Waals surface area contributed by atoms with Gasteiger partial charge < -0.3 is 9.64 Å². The van der Waals surface area contributed by atoms with Crippen molar-refractivity contribution in [3.8, 4) is 0 Å². The lowest BCUT2D eigenvalue weighted by molar-refractivity contribution is -0.133. The van der Waals surface area contributed by atoms with E-state index in [1.807, 2.05) is 11.7 Å². The molecule has 0 spiro atoms. The fraction of sp³-hybridized carbons (Fsp3) is 0.800. The molecule has 7 heteroatoms. The van der Waals surface area contributed by atoms with Crippen LogP contribution >= 0.6 is 0 Å². The summed E-state index contributed by atoms with van der Waals surface area (Å²) in [5.74, 6) is 1.08. The number of hydrogen-bond acceptors (Lipinski definition) is 5.